The van der Waals surface area contributed by atoms with Gasteiger partial charge in [-0.3, -0.25) is 0 Å². The Labute approximate surface area is 156 Å². The van der Waals surface area contributed by atoms with E-state index >= 15 is 0 Å². The first-order chi connectivity index (χ1) is 12.8. The summed E-state index contributed by atoms with van der Waals surface area (Å²) in [5, 5.41) is 14.4. The van der Waals surface area contributed by atoms with E-state index in [0.29, 0.717) is 0 Å². The van der Waals surface area contributed by atoms with E-state index in [1.54, 1.807) is 11.3 Å². The number of benzene rings is 2. The van der Waals surface area contributed by atoms with Crippen LogP contribution in [0, 0.1) is 0 Å². The zero-order chi connectivity index (χ0) is 17.8. The summed E-state index contributed by atoms with van der Waals surface area (Å²) in [5.41, 5.74) is 2.39. The molecule has 26 heavy (non-hydrogen) atoms. The fraction of sp³-hybridized carbons (Fsp3) is 0.250. The second-order valence-corrected chi connectivity index (χ2v) is 7.45. The van der Waals surface area contributed by atoms with E-state index in [9.17, 15) is 0 Å². The predicted octanol–water partition coefficient (Wildman–Crippen LogP) is 3.92. The van der Waals surface area contributed by atoms with Crippen molar-refractivity contribution in [3.63, 3.8) is 0 Å². The number of fused-ring (bicyclic) bond motifs is 1. The van der Waals surface area contributed by atoms with E-state index in [0.717, 1.165) is 47.3 Å². The third-order valence-electron chi connectivity index (χ3n) is 4.29. The molecule has 2 heterocycles. The molecule has 0 saturated carbocycles. The standard InChI is InChI=1S/C20H21N5S/c1-24(15-16-9-4-2-5-10-16)14-8-13-18-23-25-19(21-22-20(25)26-18)17-11-6-3-7-12-17/h2-7,9-12H,8,13-15H2,1H3. The van der Waals surface area contributed by atoms with Crippen LogP contribution in [0.4, 0.5) is 0 Å². The van der Waals surface area contributed by atoms with Crippen molar-refractivity contribution in [3.8, 4) is 11.4 Å². The van der Waals surface area contributed by atoms with Crippen molar-refractivity contribution < 1.29 is 0 Å². The second kappa shape index (κ2) is 7.76. The fourth-order valence-electron chi connectivity index (χ4n) is 3.00. The third-order valence-corrected chi connectivity index (χ3v) is 5.25. The van der Waals surface area contributed by atoms with Crippen LogP contribution >= 0.6 is 11.3 Å². The Morgan fingerprint density at radius 2 is 1.69 bits per heavy atom. The van der Waals surface area contributed by atoms with E-state index in [4.69, 9.17) is 5.10 Å². The SMILES string of the molecule is CN(CCCc1nn2c(-c3ccccc3)nnc2s1)Cc1ccccc1. The van der Waals surface area contributed by atoms with Crippen molar-refractivity contribution in [3.05, 3.63) is 71.2 Å². The van der Waals surface area contributed by atoms with Crippen LogP contribution in [0.5, 0.6) is 0 Å². The Hall–Kier alpha value is -2.57. The van der Waals surface area contributed by atoms with Crippen LogP contribution in [0.1, 0.15) is 17.0 Å². The summed E-state index contributed by atoms with van der Waals surface area (Å²) in [7, 11) is 2.17. The first-order valence-electron chi connectivity index (χ1n) is 8.78. The summed E-state index contributed by atoms with van der Waals surface area (Å²) in [6, 6.07) is 20.7. The smallest absolute Gasteiger partial charge is 0.234 e. The van der Waals surface area contributed by atoms with Gasteiger partial charge in [-0.15, -0.1) is 10.2 Å². The first-order valence-corrected chi connectivity index (χ1v) is 9.60. The lowest BCUT2D eigenvalue weighted by atomic mass is 10.2. The second-order valence-electron chi connectivity index (χ2n) is 6.41. The molecule has 0 aliphatic rings. The van der Waals surface area contributed by atoms with Crippen LogP contribution in [0.2, 0.25) is 0 Å². The van der Waals surface area contributed by atoms with Crippen molar-refractivity contribution in [1.29, 1.82) is 0 Å². The Morgan fingerprint density at radius 3 is 2.46 bits per heavy atom. The topological polar surface area (TPSA) is 46.3 Å². The van der Waals surface area contributed by atoms with Crippen molar-refractivity contribution in [2.24, 2.45) is 0 Å². The number of hydrogen-bond acceptors (Lipinski definition) is 5. The number of nitrogens with zero attached hydrogens (tertiary/aromatic N) is 5. The summed E-state index contributed by atoms with van der Waals surface area (Å²) in [4.78, 5) is 3.21. The van der Waals surface area contributed by atoms with Crippen LogP contribution in [0.15, 0.2) is 60.7 Å². The van der Waals surface area contributed by atoms with Gasteiger partial charge in [-0.25, -0.2) is 0 Å². The Morgan fingerprint density at radius 1 is 0.962 bits per heavy atom. The van der Waals surface area contributed by atoms with Gasteiger partial charge in [0.2, 0.25) is 4.96 Å². The molecule has 0 saturated heterocycles. The minimum absolute atomic E-state index is 0.810. The van der Waals surface area contributed by atoms with E-state index in [2.05, 4.69) is 52.5 Å². The quantitative estimate of drug-likeness (QED) is 0.499. The summed E-state index contributed by atoms with van der Waals surface area (Å²) in [5.74, 6) is 0.810. The summed E-state index contributed by atoms with van der Waals surface area (Å²) in [6.07, 6.45) is 2.04. The lowest BCUT2D eigenvalue weighted by molar-refractivity contribution is 0.322. The molecule has 2 aromatic carbocycles. The monoisotopic (exact) mass is 363 g/mol. The molecule has 132 valence electrons. The molecule has 0 aliphatic carbocycles. The highest BCUT2D eigenvalue weighted by molar-refractivity contribution is 7.16. The Bertz CT molecular complexity index is 962. The van der Waals surface area contributed by atoms with Crippen LogP contribution in [0.25, 0.3) is 16.3 Å². The van der Waals surface area contributed by atoms with Crippen LogP contribution in [-0.2, 0) is 13.0 Å². The van der Waals surface area contributed by atoms with Crippen molar-refractivity contribution >= 4 is 16.3 Å². The number of aromatic nitrogens is 4. The Kier molecular flexibility index (Phi) is 5.04. The van der Waals surface area contributed by atoms with Crippen molar-refractivity contribution in [2.45, 2.75) is 19.4 Å². The largest absolute Gasteiger partial charge is 0.302 e. The summed E-state index contributed by atoms with van der Waals surface area (Å²) < 4.78 is 1.86. The molecule has 0 bridgehead atoms. The van der Waals surface area contributed by atoms with Crippen LogP contribution in [0.3, 0.4) is 0 Å². The van der Waals surface area contributed by atoms with Crippen LogP contribution in [-0.4, -0.2) is 38.3 Å². The maximum Gasteiger partial charge on any atom is 0.234 e. The third kappa shape index (κ3) is 3.81. The molecule has 0 radical (unpaired) electrons. The highest BCUT2D eigenvalue weighted by Gasteiger charge is 2.13. The Balaban J connectivity index is 1.37. The average molecular weight is 363 g/mol. The van der Waals surface area contributed by atoms with Gasteiger partial charge >= 0.3 is 0 Å². The lowest BCUT2D eigenvalue weighted by Gasteiger charge is -2.16. The highest BCUT2D eigenvalue weighted by atomic mass is 32.1. The van der Waals surface area contributed by atoms with Gasteiger partial charge in [0.1, 0.15) is 5.01 Å². The van der Waals surface area contributed by atoms with Gasteiger partial charge in [-0.2, -0.15) is 9.61 Å². The van der Waals surface area contributed by atoms with Gasteiger partial charge in [0, 0.05) is 18.5 Å². The molecular weight excluding hydrogens is 342 g/mol. The van der Waals surface area contributed by atoms with Gasteiger partial charge in [-0.05, 0) is 25.6 Å². The minimum Gasteiger partial charge on any atom is -0.302 e. The van der Waals surface area contributed by atoms with Crippen LogP contribution < -0.4 is 0 Å². The normalized spacial score (nSPS) is 11.5. The van der Waals surface area contributed by atoms with E-state index < -0.39 is 0 Å². The maximum absolute atomic E-state index is 4.72. The van der Waals surface area contributed by atoms with Gasteiger partial charge in [-0.1, -0.05) is 72.0 Å². The number of hydrogen-bond donors (Lipinski definition) is 0. The van der Waals surface area contributed by atoms with Gasteiger partial charge in [0.25, 0.3) is 0 Å². The molecular formula is C20H21N5S. The number of rotatable bonds is 7. The van der Waals surface area contributed by atoms with E-state index in [1.807, 2.05) is 34.8 Å². The molecule has 6 heteroatoms. The molecule has 0 amide bonds. The van der Waals surface area contributed by atoms with Crippen molar-refractivity contribution in [1.82, 2.24) is 24.7 Å². The van der Waals surface area contributed by atoms with E-state index in [-0.39, 0.29) is 0 Å². The summed E-state index contributed by atoms with van der Waals surface area (Å²) >= 11 is 1.63. The molecule has 0 unspecified atom stereocenters. The minimum atomic E-state index is 0.810. The molecule has 4 rings (SSSR count). The molecule has 0 N–H and O–H groups in total. The molecule has 5 nitrogen and oxygen atoms in total. The van der Waals surface area contributed by atoms with Crippen molar-refractivity contribution in [2.75, 3.05) is 13.6 Å². The molecule has 0 atom stereocenters. The molecule has 2 aromatic heterocycles. The zero-order valence-electron chi connectivity index (χ0n) is 14.7. The van der Waals surface area contributed by atoms with E-state index in [1.165, 1.54) is 5.56 Å². The number of aryl methyl sites for hydroxylation is 1. The highest BCUT2D eigenvalue weighted by Crippen LogP contribution is 2.22. The average Bonchev–Trinajstić information content (AvgIpc) is 3.23. The molecule has 0 spiro atoms. The van der Waals surface area contributed by atoms with Gasteiger partial charge in [0.05, 0.1) is 0 Å². The fourth-order valence-corrected chi connectivity index (χ4v) is 3.87. The first kappa shape index (κ1) is 16.9. The lowest BCUT2D eigenvalue weighted by Crippen LogP contribution is -2.19. The molecule has 4 aromatic rings. The maximum atomic E-state index is 4.72. The molecule has 0 aliphatic heterocycles. The molecule has 0 fully saturated rings. The van der Waals surface area contributed by atoms with Gasteiger partial charge in [0.15, 0.2) is 5.82 Å². The zero-order valence-corrected chi connectivity index (χ0v) is 15.6. The summed E-state index contributed by atoms with van der Waals surface area (Å²) in [6.45, 7) is 2.02. The predicted molar refractivity (Wildman–Crippen MR) is 105 cm³/mol. The van der Waals surface area contributed by atoms with Gasteiger partial charge < -0.3 is 4.90 Å².